The molecular weight excluding hydrogens is 264 g/mol. The standard InChI is InChI=1S/C16H32N4O/c1-6-11-17-14(10-12-19(7-2)8-3)16-15(21-5)13-18-20(16)9-4/h13-14,17H,6-12H2,1-5H3. The average Bonchev–Trinajstić information content (AvgIpc) is 2.94. The fraction of sp³-hybridized carbons (Fsp3) is 0.812. The van der Waals surface area contributed by atoms with Gasteiger partial charge in [-0.2, -0.15) is 5.10 Å². The molecule has 0 bridgehead atoms. The smallest absolute Gasteiger partial charge is 0.161 e. The maximum Gasteiger partial charge on any atom is 0.161 e. The summed E-state index contributed by atoms with van der Waals surface area (Å²) < 4.78 is 7.56. The van der Waals surface area contributed by atoms with E-state index >= 15 is 0 Å². The third-order valence-electron chi connectivity index (χ3n) is 3.96. The van der Waals surface area contributed by atoms with Crippen molar-refractivity contribution in [3.63, 3.8) is 0 Å². The quantitative estimate of drug-likeness (QED) is 0.682. The summed E-state index contributed by atoms with van der Waals surface area (Å²) in [6.45, 7) is 13.9. The van der Waals surface area contributed by atoms with Gasteiger partial charge in [-0.1, -0.05) is 20.8 Å². The molecule has 122 valence electrons. The van der Waals surface area contributed by atoms with Crippen LogP contribution in [-0.2, 0) is 6.54 Å². The van der Waals surface area contributed by atoms with Crippen molar-refractivity contribution in [1.29, 1.82) is 0 Å². The number of rotatable bonds is 11. The van der Waals surface area contributed by atoms with E-state index in [0.29, 0.717) is 6.04 Å². The van der Waals surface area contributed by atoms with Crippen LogP contribution in [0, 0.1) is 0 Å². The van der Waals surface area contributed by atoms with Gasteiger partial charge in [-0.15, -0.1) is 0 Å². The van der Waals surface area contributed by atoms with E-state index in [1.807, 2.05) is 10.9 Å². The van der Waals surface area contributed by atoms with Crippen molar-refractivity contribution in [3.05, 3.63) is 11.9 Å². The number of aromatic nitrogens is 2. The lowest BCUT2D eigenvalue weighted by Crippen LogP contribution is -2.31. The maximum atomic E-state index is 5.51. The molecule has 0 saturated carbocycles. The molecule has 1 aromatic heterocycles. The molecule has 0 aliphatic rings. The molecular formula is C16H32N4O. The second-order valence-corrected chi connectivity index (χ2v) is 5.24. The van der Waals surface area contributed by atoms with Gasteiger partial charge < -0.3 is 15.0 Å². The number of nitrogens with one attached hydrogen (secondary N) is 1. The zero-order valence-corrected chi connectivity index (χ0v) is 14.4. The predicted octanol–water partition coefficient (Wildman–Crippen LogP) is 2.68. The van der Waals surface area contributed by atoms with Gasteiger partial charge in [0, 0.05) is 6.54 Å². The van der Waals surface area contributed by atoms with E-state index < -0.39 is 0 Å². The van der Waals surface area contributed by atoms with Gasteiger partial charge in [-0.05, 0) is 45.9 Å². The lowest BCUT2D eigenvalue weighted by Gasteiger charge is -2.24. The Morgan fingerprint density at radius 1 is 1.29 bits per heavy atom. The first-order chi connectivity index (χ1) is 10.2. The van der Waals surface area contributed by atoms with E-state index in [-0.39, 0.29) is 0 Å². The van der Waals surface area contributed by atoms with Crippen LogP contribution in [0.4, 0.5) is 0 Å². The normalized spacial score (nSPS) is 12.9. The Labute approximate surface area is 129 Å². The highest BCUT2D eigenvalue weighted by Crippen LogP contribution is 2.27. The first-order valence-corrected chi connectivity index (χ1v) is 8.27. The van der Waals surface area contributed by atoms with Crippen LogP contribution >= 0.6 is 0 Å². The molecule has 1 atom stereocenters. The van der Waals surface area contributed by atoms with Crippen molar-refractivity contribution in [1.82, 2.24) is 20.0 Å². The molecule has 0 aliphatic carbocycles. The summed E-state index contributed by atoms with van der Waals surface area (Å²) in [5.74, 6) is 0.894. The van der Waals surface area contributed by atoms with Gasteiger partial charge in [-0.3, -0.25) is 4.68 Å². The van der Waals surface area contributed by atoms with Crippen LogP contribution in [0.5, 0.6) is 5.75 Å². The summed E-state index contributed by atoms with van der Waals surface area (Å²) >= 11 is 0. The Hall–Kier alpha value is -1.07. The van der Waals surface area contributed by atoms with Crippen LogP contribution in [0.3, 0.4) is 0 Å². The van der Waals surface area contributed by atoms with E-state index in [9.17, 15) is 0 Å². The van der Waals surface area contributed by atoms with Crippen LogP contribution in [0.25, 0.3) is 0 Å². The topological polar surface area (TPSA) is 42.3 Å². The summed E-state index contributed by atoms with van der Waals surface area (Å²) in [6.07, 6.45) is 4.03. The van der Waals surface area contributed by atoms with E-state index in [1.54, 1.807) is 7.11 Å². The Balaban J connectivity index is 2.87. The number of nitrogens with zero attached hydrogens (tertiary/aromatic N) is 3. The van der Waals surface area contributed by atoms with Crippen LogP contribution in [0.2, 0.25) is 0 Å². The fourth-order valence-corrected chi connectivity index (χ4v) is 2.64. The van der Waals surface area contributed by atoms with Gasteiger partial charge in [0.1, 0.15) is 0 Å². The summed E-state index contributed by atoms with van der Waals surface area (Å²) in [5.41, 5.74) is 1.18. The molecule has 0 aliphatic heterocycles. The molecule has 0 saturated heterocycles. The minimum Gasteiger partial charge on any atom is -0.493 e. The van der Waals surface area contributed by atoms with Gasteiger partial charge in [0.2, 0.25) is 0 Å². The second kappa shape index (κ2) is 9.79. The number of aryl methyl sites for hydroxylation is 1. The molecule has 0 amide bonds. The van der Waals surface area contributed by atoms with Crippen LogP contribution in [-0.4, -0.2) is 48.0 Å². The van der Waals surface area contributed by atoms with E-state index in [0.717, 1.165) is 51.3 Å². The van der Waals surface area contributed by atoms with Crippen molar-refractivity contribution in [2.45, 2.75) is 53.1 Å². The molecule has 1 heterocycles. The maximum absolute atomic E-state index is 5.51. The van der Waals surface area contributed by atoms with Gasteiger partial charge in [0.15, 0.2) is 5.75 Å². The van der Waals surface area contributed by atoms with Crippen LogP contribution in [0.15, 0.2) is 6.20 Å². The molecule has 1 N–H and O–H groups in total. The van der Waals surface area contributed by atoms with Crippen molar-refractivity contribution in [3.8, 4) is 5.75 Å². The Morgan fingerprint density at radius 2 is 2.00 bits per heavy atom. The molecule has 1 rings (SSSR count). The third kappa shape index (κ3) is 5.00. The molecule has 0 fully saturated rings. The van der Waals surface area contributed by atoms with Gasteiger partial charge >= 0.3 is 0 Å². The van der Waals surface area contributed by atoms with Crippen molar-refractivity contribution < 1.29 is 4.74 Å². The minimum atomic E-state index is 0.294. The Morgan fingerprint density at radius 3 is 2.52 bits per heavy atom. The molecule has 0 radical (unpaired) electrons. The number of ether oxygens (including phenoxy) is 1. The lowest BCUT2D eigenvalue weighted by atomic mass is 10.1. The third-order valence-corrected chi connectivity index (χ3v) is 3.96. The first kappa shape index (κ1) is 18.0. The zero-order valence-electron chi connectivity index (χ0n) is 14.4. The van der Waals surface area contributed by atoms with Gasteiger partial charge in [0.25, 0.3) is 0 Å². The van der Waals surface area contributed by atoms with Crippen LogP contribution < -0.4 is 10.1 Å². The van der Waals surface area contributed by atoms with Crippen LogP contribution in [0.1, 0.15) is 52.3 Å². The monoisotopic (exact) mass is 296 g/mol. The van der Waals surface area contributed by atoms with E-state index in [2.05, 4.69) is 43.0 Å². The number of hydrogen-bond acceptors (Lipinski definition) is 4. The minimum absolute atomic E-state index is 0.294. The molecule has 0 spiro atoms. The average molecular weight is 296 g/mol. The lowest BCUT2D eigenvalue weighted by molar-refractivity contribution is 0.276. The first-order valence-electron chi connectivity index (χ1n) is 8.27. The summed E-state index contributed by atoms with van der Waals surface area (Å²) in [7, 11) is 1.72. The fourth-order valence-electron chi connectivity index (χ4n) is 2.64. The molecule has 0 aromatic carbocycles. The molecule has 1 aromatic rings. The summed E-state index contributed by atoms with van der Waals surface area (Å²) in [4.78, 5) is 2.46. The van der Waals surface area contributed by atoms with E-state index in [4.69, 9.17) is 4.74 Å². The van der Waals surface area contributed by atoms with Crippen molar-refractivity contribution in [2.24, 2.45) is 0 Å². The Kier molecular flexibility index (Phi) is 8.38. The molecule has 1 unspecified atom stereocenters. The largest absolute Gasteiger partial charge is 0.493 e. The summed E-state index contributed by atoms with van der Waals surface area (Å²) in [5, 5.41) is 8.10. The van der Waals surface area contributed by atoms with Crippen molar-refractivity contribution >= 4 is 0 Å². The SMILES string of the molecule is CCCNC(CCN(CC)CC)c1c(OC)cnn1CC. The number of hydrogen-bond donors (Lipinski definition) is 1. The van der Waals surface area contributed by atoms with E-state index in [1.165, 1.54) is 5.69 Å². The predicted molar refractivity (Wildman–Crippen MR) is 87.9 cm³/mol. The highest BCUT2D eigenvalue weighted by Gasteiger charge is 2.21. The molecule has 5 heteroatoms. The zero-order chi connectivity index (χ0) is 15.7. The highest BCUT2D eigenvalue weighted by atomic mass is 16.5. The van der Waals surface area contributed by atoms with Crippen molar-refractivity contribution in [2.75, 3.05) is 33.3 Å². The van der Waals surface area contributed by atoms with Gasteiger partial charge in [-0.25, -0.2) is 0 Å². The Bertz CT molecular complexity index is 366. The second-order valence-electron chi connectivity index (χ2n) is 5.24. The number of methoxy groups -OCH3 is 1. The molecule has 5 nitrogen and oxygen atoms in total. The molecule has 21 heavy (non-hydrogen) atoms. The highest BCUT2D eigenvalue weighted by molar-refractivity contribution is 5.28. The summed E-state index contributed by atoms with van der Waals surface area (Å²) in [6, 6.07) is 0.294. The van der Waals surface area contributed by atoms with Gasteiger partial charge in [0.05, 0.1) is 25.0 Å².